The predicted molar refractivity (Wildman–Crippen MR) is 103 cm³/mol. The first-order valence-corrected chi connectivity index (χ1v) is 8.96. The maximum atomic E-state index is 12.8. The summed E-state index contributed by atoms with van der Waals surface area (Å²) >= 11 is 5.88. The monoisotopic (exact) mass is 405 g/mol. The van der Waals surface area contributed by atoms with E-state index in [2.05, 4.69) is 10.3 Å². The molecule has 0 atom stereocenters. The van der Waals surface area contributed by atoms with E-state index in [1.807, 2.05) is 24.3 Å². The smallest absolute Gasteiger partial charge is 0.340 e. The van der Waals surface area contributed by atoms with E-state index >= 15 is 0 Å². The summed E-state index contributed by atoms with van der Waals surface area (Å²) in [6.45, 7) is -2.48. The molecule has 8 heteroatoms. The number of ether oxygens (including phenoxy) is 1. The molecule has 1 aromatic heterocycles. The SMILES string of the molecule is O=C(OCc1nccn1C(F)F)c1ccccc1NCCc1ccc(Cl)cc1. The lowest BCUT2D eigenvalue weighted by atomic mass is 10.1. The van der Waals surface area contributed by atoms with Gasteiger partial charge in [-0.2, -0.15) is 8.78 Å². The van der Waals surface area contributed by atoms with E-state index in [4.69, 9.17) is 16.3 Å². The van der Waals surface area contributed by atoms with Crippen LogP contribution in [0.15, 0.2) is 60.9 Å². The Balaban J connectivity index is 1.60. The number of nitrogens with one attached hydrogen (secondary N) is 1. The van der Waals surface area contributed by atoms with Gasteiger partial charge in [-0.25, -0.2) is 9.78 Å². The highest BCUT2D eigenvalue weighted by Gasteiger charge is 2.16. The first kappa shape index (κ1) is 19.8. The van der Waals surface area contributed by atoms with Crippen LogP contribution in [0.2, 0.25) is 5.02 Å². The van der Waals surface area contributed by atoms with Crippen LogP contribution < -0.4 is 5.32 Å². The minimum atomic E-state index is -2.74. The van der Waals surface area contributed by atoms with Crippen LogP contribution in [0.25, 0.3) is 0 Å². The summed E-state index contributed by atoms with van der Waals surface area (Å²) in [7, 11) is 0. The van der Waals surface area contributed by atoms with Crippen LogP contribution in [-0.4, -0.2) is 22.1 Å². The van der Waals surface area contributed by atoms with Crippen molar-refractivity contribution in [1.82, 2.24) is 9.55 Å². The fourth-order valence-corrected chi connectivity index (χ4v) is 2.78. The maximum absolute atomic E-state index is 12.8. The molecule has 0 spiro atoms. The Hall–Kier alpha value is -2.93. The minimum Gasteiger partial charge on any atom is -0.454 e. The third-order valence-corrected chi connectivity index (χ3v) is 4.33. The first-order valence-electron chi connectivity index (χ1n) is 8.59. The zero-order valence-electron chi connectivity index (χ0n) is 14.8. The third kappa shape index (κ3) is 5.07. The first-order chi connectivity index (χ1) is 13.5. The highest BCUT2D eigenvalue weighted by atomic mass is 35.5. The number of carbonyl (C=O) groups excluding carboxylic acids is 1. The molecular weight excluding hydrogens is 388 g/mol. The molecule has 0 aliphatic rings. The van der Waals surface area contributed by atoms with E-state index in [0.29, 0.717) is 27.4 Å². The van der Waals surface area contributed by atoms with E-state index < -0.39 is 12.5 Å². The maximum Gasteiger partial charge on any atom is 0.340 e. The lowest BCUT2D eigenvalue weighted by Crippen LogP contribution is -2.13. The molecule has 3 rings (SSSR count). The largest absolute Gasteiger partial charge is 0.454 e. The highest BCUT2D eigenvalue weighted by Crippen LogP contribution is 2.18. The fourth-order valence-electron chi connectivity index (χ4n) is 2.65. The minimum absolute atomic E-state index is 0.0171. The number of alkyl halides is 2. The Morgan fingerprint density at radius 2 is 1.93 bits per heavy atom. The van der Waals surface area contributed by atoms with E-state index in [9.17, 15) is 13.6 Å². The van der Waals surface area contributed by atoms with Crippen molar-refractivity contribution < 1.29 is 18.3 Å². The summed E-state index contributed by atoms with van der Waals surface area (Å²) in [4.78, 5) is 16.2. The van der Waals surface area contributed by atoms with Crippen molar-refractivity contribution in [1.29, 1.82) is 0 Å². The van der Waals surface area contributed by atoms with Crippen LogP contribution in [0, 0.1) is 0 Å². The molecule has 3 aromatic rings. The van der Waals surface area contributed by atoms with Crippen LogP contribution in [0.4, 0.5) is 14.5 Å². The summed E-state index contributed by atoms with van der Waals surface area (Å²) in [6.07, 6.45) is 3.12. The molecule has 0 amide bonds. The van der Waals surface area contributed by atoms with E-state index in [0.717, 1.165) is 18.2 Å². The van der Waals surface area contributed by atoms with Gasteiger partial charge in [-0.3, -0.25) is 4.57 Å². The number of hydrogen-bond acceptors (Lipinski definition) is 4. The zero-order chi connectivity index (χ0) is 19.9. The summed E-state index contributed by atoms with van der Waals surface area (Å²) < 4.78 is 31.5. The molecule has 0 unspecified atom stereocenters. The van der Waals surface area contributed by atoms with Crippen LogP contribution in [-0.2, 0) is 17.8 Å². The molecule has 0 fully saturated rings. The lowest BCUT2D eigenvalue weighted by Gasteiger charge is -2.12. The molecule has 2 aromatic carbocycles. The molecule has 0 saturated carbocycles. The summed E-state index contributed by atoms with van der Waals surface area (Å²) in [6, 6.07) is 14.4. The van der Waals surface area contributed by atoms with Crippen LogP contribution >= 0.6 is 11.6 Å². The van der Waals surface area contributed by atoms with Crippen LogP contribution in [0.1, 0.15) is 28.3 Å². The van der Waals surface area contributed by atoms with Gasteiger partial charge in [-0.05, 0) is 36.2 Å². The third-order valence-electron chi connectivity index (χ3n) is 4.08. The van der Waals surface area contributed by atoms with Gasteiger partial charge in [0.1, 0.15) is 6.61 Å². The number of nitrogens with zero attached hydrogens (tertiary/aromatic N) is 2. The quantitative estimate of drug-likeness (QED) is 0.539. The van der Waals surface area contributed by atoms with Gasteiger partial charge in [-0.15, -0.1) is 0 Å². The van der Waals surface area contributed by atoms with Crippen molar-refractivity contribution >= 4 is 23.3 Å². The Kier molecular flexibility index (Phi) is 6.60. The summed E-state index contributed by atoms with van der Waals surface area (Å²) in [5, 5.41) is 3.88. The Bertz CT molecular complexity index is 929. The van der Waals surface area contributed by atoms with Gasteiger partial charge < -0.3 is 10.1 Å². The molecule has 1 heterocycles. The Morgan fingerprint density at radius 3 is 2.68 bits per heavy atom. The van der Waals surface area contributed by atoms with Crippen molar-refractivity contribution in [2.75, 3.05) is 11.9 Å². The molecule has 1 N–H and O–H groups in total. The van der Waals surface area contributed by atoms with Crippen LogP contribution in [0.3, 0.4) is 0 Å². The molecule has 28 heavy (non-hydrogen) atoms. The van der Waals surface area contributed by atoms with Crippen molar-refractivity contribution in [2.24, 2.45) is 0 Å². The summed E-state index contributed by atoms with van der Waals surface area (Å²) in [5.41, 5.74) is 2.04. The van der Waals surface area contributed by atoms with Gasteiger partial charge >= 0.3 is 12.5 Å². The van der Waals surface area contributed by atoms with E-state index in [-0.39, 0.29) is 12.4 Å². The molecule has 0 bridgehead atoms. The van der Waals surface area contributed by atoms with Crippen molar-refractivity contribution in [3.8, 4) is 0 Å². The topological polar surface area (TPSA) is 56.1 Å². The molecule has 0 aliphatic carbocycles. The van der Waals surface area contributed by atoms with Gasteiger partial charge in [0, 0.05) is 29.6 Å². The standard InChI is InChI=1S/C20H18ClF2N3O2/c21-15-7-5-14(6-8-15)9-10-24-17-4-2-1-3-16(17)19(27)28-13-18-25-11-12-26(18)20(22)23/h1-8,11-12,20,24H,9-10,13H2. The van der Waals surface area contributed by atoms with E-state index in [1.54, 1.807) is 24.3 Å². The average molecular weight is 406 g/mol. The average Bonchev–Trinajstić information content (AvgIpc) is 3.17. The number of benzene rings is 2. The molecule has 0 saturated heterocycles. The number of aromatic nitrogens is 2. The number of esters is 1. The van der Waals surface area contributed by atoms with Crippen molar-refractivity contribution in [2.45, 2.75) is 19.6 Å². The summed E-state index contributed by atoms with van der Waals surface area (Å²) in [5.74, 6) is -0.630. The number of anilines is 1. The molecular formula is C20H18ClF2N3O2. The number of imidazole rings is 1. The van der Waals surface area contributed by atoms with Crippen LogP contribution in [0.5, 0.6) is 0 Å². The molecule has 0 radical (unpaired) electrons. The molecule has 5 nitrogen and oxygen atoms in total. The second-order valence-electron chi connectivity index (χ2n) is 5.95. The Labute approximate surface area is 165 Å². The molecule has 0 aliphatic heterocycles. The van der Waals surface area contributed by atoms with Crippen molar-refractivity contribution in [3.63, 3.8) is 0 Å². The number of rotatable bonds is 8. The number of para-hydroxylation sites is 1. The number of hydrogen-bond donors (Lipinski definition) is 1. The zero-order valence-corrected chi connectivity index (χ0v) is 15.6. The van der Waals surface area contributed by atoms with Gasteiger partial charge in [0.05, 0.1) is 5.56 Å². The molecule has 146 valence electrons. The normalized spacial score (nSPS) is 10.9. The number of carbonyl (C=O) groups is 1. The second-order valence-corrected chi connectivity index (χ2v) is 6.39. The fraction of sp³-hybridized carbons (Fsp3) is 0.200. The Morgan fingerprint density at radius 1 is 1.18 bits per heavy atom. The van der Waals surface area contributed by atoms with Gasteiger partial charge in [0.15, 0.2) is 5.82 Å². The number of halogens is 3. The highest BCUT2D eigenvalue weighted by molar-refractivity contribution is 6.30. The lowest BCUT2D eigenvalue weighted by molar-refractivity contribution is 0.0377. The predicted octanol–water partition coefficient (Wildman–Crippen LogP) is 4.94. The van der Waals surface area contributed by atoms with Gasteiger partial charge in [-0.1, -0.05) is 35.9 Å². The second kappa shape index (κ2) is 9.32. The van der Waals surface area contributed by atoms with Crippen molar-refractivity contribution in [3.05, 3.63) is 82.9 Å². The van der Waals surface area contributed by atoms with E-state index in [1.165, 1.54) is 6.20 Å². The van der Waals surface area contributed by atoms with Gasteiger partial charge in [0.2, 0.25) is 0 Å². The van der Waals surface area contributed by atoms with Gasteiger partial charge in [0.25, 0.3) is 0 Å².